The zero-order valence-corrected chi connectivity index (χ0v) is 17.7. The minimum Gasteiger partial charge on any atom is -0.493 e. The fourth-order valence-electron chi connectivity index (χ4n) is 4.21. The fourth-order valence-corrected chi connectivity index (χ4v) is 4.21. The molecule has 31 heavy (non-hydrogen) atoms. The molecule has 0 saturated carbocycles. The van der Waals surface area contributed by atoms with E-state index in [1.54, 1.807) is 14.2 Å². The number of rotatable bonds is 6. The van der Waals surface area contributed by atoms with Crippen LogP contribution in [0.4, 0.5) is 0 Å². The summed E-state index contributed by atoms with van der Waals surface area (Å²) in [6.07, 6.45) is 0.708. The largest absolute Gasteiger partial charge is 0.493 e. The Morgan fingerprint density at radius 2 is 1.55 bits per heavy atom. The summed E-state index contributed by atoms with van der Waals surface area (Å²) < 4.78 is 13.2. The Morgan fingerprint density at radius 1 is 0.774 bits per heavy atom. The fraction of sp³-hybridized carbons (Fsp3) is 0.148. The van der Waals surface area contributed by atoms with Crippen molar-refractivity contribution in [2.75, 3.05) is 14.2 Å². The highest BCUT2D eigenvalue weighted by Crippen LogP contribution is 2.29. The van der Waals surface area contributed by atoms with Crippen molar-refractivity contribution in [3.63, 3.8) is 0 Å². The van der Waals surface area contributed by atoms with Crippen molar-refractivity contribution in [1.29, 1.82) is 0 Å². The summed E-state index contributed by atoms with van der Waals surface area (Å²) in [5.41, 5.74) is 4.58. The first kappa shape index (κ1) is 19.2. The molecule has 1 aromatic heterocycles. The van der Waals surface area contributed by atoms with Gasteiger partial charge in [-0.05, 0) is 46.2 Å². The number of ether oxygens (including phenoxy) is 2. The third-order valence-corrected chi connectivity index (χ3v) is 5.75. The van der Waals surface area contributed by atoms with Gasteiger partial charge < -0.3 is 14.0 Å². The summed E-state index contributed by atoms with van der Waals surface area (Å²) in [5.74, 6) is 2.49. The standard InChI is InChI=1S/C27H24N2O2/c1-30-25-15-14-19(16-26(25)31-2)17-27-28-23-12-5-6-13-24(23)29(27)18-21-10-7-9-20-8-3-4-11-22(20)21/h3-16H,17-18H2,1-2H3. The van der Waals surface area contributed by atoms with Crippen molar-refractivity contribution in [2.45, 2.75) is 13.0 Å². The average molecular weight is 409 g/mol. The van der Waals surface area contributed by atoms with E-state index in [1.807, 2.05) is 18.2 Å². The van der Waals surface area contributed by atoms with Gasteiger partial charge in [0.2, 0.25) is 0 Å². The molecule has 0 spiro atoms. The maximum Gasteiger partial charge on any atom is 0.161 e. The number of aromatic nitrogens is 2. The van der Waals surface area contributed by atoms with Gasteiger partial charge in [-0.2, -0.15) is 0 Å². The predicted octanol–water partition coefficient (Wildman–Crippen LogP) is 5.85. The molecule has 154 valence electrons. The van der Waals surface area contributed by atoms with Crippen molar-refractivity contribution in [3.05, 3.63) is 102 Å². The number of methoxy groups -OCH3 is 2. The summed E-state index contributed by atoms with van der Waals surface area (Å²) in [6.45, 7) is 0.768. The molecule has 1 heterocycles. The van der Waals surface area contributed by atoms with Crippen LogP contribution in [0.1, 0.15) is 17.0 Å². The first-order chi connectivity index (χ1) is 15.3. The first-order valence-corrected chi connectivity index (χ1v) is 10.4. The molecule has 0 N–H and O–H groups in total. The lowest BCUT2D eigenvalue weighted by Gasteiger charge is -2.13. The highest BCUT2D eigenvalue weighted by atomic mass is 16.5. The van der Waals surface area contributed by atoms with Crippen LogP contribution in [-0.4, -0.2) is 23.8 Å². The minimum absolute atomic E-state index is 0.708. The SMILES string of the molecule is COc1ccc(Cc2nc3ccccc3n2Cc2cccc3ccccc23)cc1OC. The molecule has 5 rings (SSSR count). The average Bonchev–Trinajstić information content (AvgIpc) is 3.16. The van der Waals surface area contributed by atoms with Gasteiger partial charge in [0.1, 0.15) is 5.82 Å². The molecule has 0 radical (unpaired) electrons. The van der Waals surface area contributed by atoms with E-state index in [0.717, 1.165) is 40.5 Å². The quantitative estimate of drug-likeness (QED) is 0.354. The molecule has 5 aromatic rings. The molecule has 0 fully saturated rings. The molecular weight excluding hydrogens is 384 g/mol. The van der Waals surface area contributed by atoms with Gasteiger partial charge in [-0.3, -0.25) is 0 Å². The Bertz CT molecular complexity index is 1370. The zero-order chi connectivity index (χ0) is 21.2. The summed E-state index contributed by atoms with van der Waals surface area (Å²) >= 11 is 0. The molecular formula is C27H24N2O2. The van der Waals surface area contributed by atoms with Crippen LogP contribution >= 0.6 is 0 Å². The number of imidazole rings is 1. The van der Waals surface area contributed by atoms with Crippen molar-refractivity contribution < 1.29 is 9.47 Å². The Morgan fingerprint density at radius 3 is 2.42 bits per heavy atom. The Balaban J connectivity index is 1.59. The van der Waals surface area contributed by atoms with E-state index in [-0.39, 0.29) is 0 Å². The van der Waals surface area contributed by atoms with Crippen LogP contribution in [0, 0.1) is 0 Å². The van der Waals surface area contributed by atoms with Gasteiger partial charge in [0.25, 0.3) is 0 Å². The van der Waals surface area contributed by atoms with Crippen molar-refractivity contribution in [3.8, 4) is 11.5 Å². The topological polar surface area (TPSA) is 36.3 Å². The molecule has 0 aliphatic heterocycles. The lowest BCUT2D eigenvalue weighted by atomic mass is 10.0. The molecule has 0 aliphatic carbocycles. The van der Waals surface area contributed by atoms with Crippen molar-refractivity contribution >= 4 is 21.8 Å². The lowest BCUT2D eigenvalue weighted by Crippen LogP contribution is -2.06. The van der Waals surface area contributed by atoms with Crippen LogP contribution in [0.15, 0.2) is 84.9 Å². The van der Waals surface area contributed by atoms with Crippen molar-refractivity contribution in [1.82, 2.24) is 9.55 Å². The molecule has 0 unspecified atom stereocenters. The number of hydrogen-bond acceptors (Lipinski definition) is 3. The number of nitrogens with zero attached hydrogens (tertiary/aromatic N) is 2. The lowest BCUT2D eigenvalue weighted by molar-refractivity contribution is 0.354. The molecule has 4 heteroatoms. The number of benzene rings is 4. The highest BCUT2D eigenvalue weighted by Gasteiger charge is 2.14. The van der Waals surface area contributed by atoms with Crippen LogP contribution in [0.5, 0.6) is 11.5 Å². The molecule has 0 amide bonds. The van der Waals surface area contributed by atoms with Crippen molar-refractivity contribution in [2.24, 2.45) is 0 Å². The summed E-state index contributed by atoms with van der Waals surface area (Å²) in [7, 11) is 3.32. The number of hydrogen-bond donors (Lipinski definition) is 0. The summed E-state index contributed by atoms with van der Waals surface area (Å²) in [6, 6.07) is 29.4. The number of para-hydroxylation sites is 2. The van der Waals surface area contributed by atoms with Gasteiger partial charge in [0.15, 0.2) is 11.5 Å². The Labute approximate surface area is 181 Å². The predicted molar refractivity (Wildman–Crippen MR) is 125 cm³/mol. The van der Waals surface area contributed by atoms with Gasteiger partial charge in [-0.25, -0.2) is 4.98 Å². The van der Waals surface area contributed by atoms with Crippen LogP contribution in [0.2, 0.25) is 0 Å². The molecule has 4 nitrogen and oxygen atoms in total. The van der Waals surface area contributed by atoms with E-state index < -0.39 is 0 Å². The molecule has 4 aromatic carbocycles. The van der Waals surface area contributed by atoms with Crippen LogP contribution < -0.4 is 9.47 Å². The molecule has 0 bridgehead atoms. The van der Waals surface area contributed by atoms with Crippen LogP contribution in [0.25, 0.3) is 21.8 Å². The van der Waals surface area contributed by atoms with Crippen LogP contribution in [0.3, 0.4) is 0 Å². The first-order valence-electron chi connectivity index (χ1n) is 10.4. The zero-order valence-electron chi connectivity index (χ0n) is 17.7. The van der Waals surface area contributed by atoms with E-state index in [1.165, 1.54) is 16.3 Å². The minimum atomic E-state index is 0.708. The third-order valence-electron chi connectivity index (χ3n) is 5.75. The van der Waals surface area contributed by atoms with E-state index in [0.29, 0.717) is 6.42 Å². The second-order valence-corrected chi connectivity index (χ2v) is 7.61. The maximum atomic E-state index is 5.50. The van der Waals surface area contributed by atoms with E-state index in [2.05, 4.69) is 71.3 Å². The summed E-state index contributed by atoms with van der Waals surface area (Å²) in [4.78, 5) is 4.97. The van der Waals surface area contributed by atoms with E-state index in [9.17, 15) is 0 Å². The highest BCUT2D eigenvalue weighted by molar-refractivity contribution is 5.86. The second kappa shape index (κ2) is 8.15. The van der Waals surface area contributed by atoms with Gasteiger partial charge in [-0.15, -0.1) is 0 Å². The van der Waals surface area contributed by atoms with Gasteiger partial charge in [-0.1, -0.05) is 60.7 Å². The monoisotopic (exact) mass is 408 g/mol. The van der Waals surface area contributed by atoms with Gasteiger partial charge in [0.05, 0.1) is 25.3 Å². The van der Waals surface area contributed by atoms with Gasteiger partial charge in [0, 0.05) is 13.0 Å². The second-order valence-electron chi connectivity index (χ2n) is 7.61. The molecule has 0 aliphatic rings. The third kappa shape index (κ3) is 3.61. The van der Waals surface area contributed by atoms with Crippen LogP contribution in [-0.2, 0) is 13.0 Å². The van der Waals surface area contributed by atoms with E-state index in [4.69, 9.17) is 14.5 Å². The molecule has 0 saturated heterocycles. The summed E-state index contributed by atoms with van der Waals surface area (Å²) in [5, 5.41) is 2.53. The Hall–Kier alpha value is -3.79. The number of fused-ring (bicyclic) bond motifs is 2. The maximum absolute atomic E-state index is 5.50. The van der Waals surface area contributed by atoms with Gasteiger partial charge >= 0.3 is 0 Å². The van der Waals surface area contributed by atoms with E-state index >= 15 is 0 Å². The smallest absolute Gasteiger partial charge is 0.161 e. The normalized spacial score (nSPS) is 11.2. The molecule has 0 atom stereocenters. The Kier molecular flexibility index (Phi) is 5.04.